The fourth-order valence-corrected chi connectivity index (χ4v) is 4.62. The summed E-state index contributed by atoms with van der Waals surface area (Å²) in [6.45, 7) is 3.14. The highest BCUT2D eigenvalue weighted by molar-refractivity contribution is 7.89. The summed E-state index contributed by atoms with van der Waals surface area (Å²) in [5.41, 5.74) is 5.88. The van der Waals surface area contributed by atoms with Gasteiger partial charge in [-0.25, -0.2) is 8.42 Å². The number of hydrogen-bond acceptors (Lipinski definition) is 5. The number of carbonyl (C=O) groups excluding carboxylic acids is 2. The molecule has 3 rings (SSSR count). The highest BCUT2D eigenvalue weighted by atomic mass is 35.5. The van der Waals surface area contributed by atoms with Crippen molar-refractivity contribution in [3.05, 3.63) is 29.3 Å². The molecule has 1 aromatic carbocycles. The van der Waals surface area contributed by atoms with Crippen LogP contribution in [0.1, 0.15) is 34.1 Å². The number of nitrogens with two attached hydrogens (primary N) is 1. The van der Waals surface area contributed by atoms with E-state index in [2.05, 4.69) is 0 Å². The number of hydrogen-bond donors (Lipinski definition) is 1. The number of fused-ring (bicyclic) bond motifs is 1. The number of nitrogens with zero attached hydrogens (tertiary/aromatic N) is 2. The molecular weight excluding hydrogens is 354 g/mol. The average Bonchev–Trinajstić information content (AvgIpc) is 3.04. The molecule has 9 heteroatoms. The zero-order valence-corrected chi connectivity index (χ0v) is 15.1. The van der Waals surface area contributed by atoms with Gasteiger partial charge in [-0.2, -0.15) is 4.31 Å². The van der Waals surface area contributed by atoms with Gasteiger partial charge in [0.25, 0.3) is 11.8 Å². The van der Waals surface area contributed by atoms with E-state index in [0.29, 0.717) is 26.1 Å². The van der Waals surface area contributed by atoms with Crippen molar-refractivity contribution >= 4 is 34.2 Å². The van der Waals surface area contributed by atoms with Gasteiger partial charge in [0.2, 0.25) is 10.0 Å². The number of sulfonamides is 1. The Morgan fingerprint density at radius 3 is 2.42 bits per heavy atom. The molecule has 7 nitrogen and oxygen atoms in total. The first kappa shape index (κ1) is 18.9. The summed E-state index contributed by atoms with van der Waals surface area (Å²) in [6.07, 6.45) is 0.702. The highest BCUT2D eigenvalue weighted by Gasteiger charge is 2.40. The van der Waals surface area contributed by atoms with Crippen LogP contribution in [0.25, 0.3) is 0 Å². The molecule has 1 atom stereocenters. The standard InChI is InChI=1S/C15H19N3O4S.ClH/c1-15(8-16)5-6-18(9-15)23(21,22)10-3-4-11-12(7-10)14(20)17(2)13(11)19;/h3-4,7H,5-6,8-9,16H2,1-2H3;1H. The summed E-state index contributed by atoms with van der Waals surface area (Å²) < 4.78 is 27.0. The molecule has 1 saturated heterocycles. The van der Waals surface area contributed by atoms with E-state index >= 15 is 0 Å². The maximum Gasteiger partial charge on any atom is 0.261 e. The number of halogens is 1. The molecule has 0 bridgehead atoms. The summed E-state index contributed by atoms with van der Waals surface area (Å²) in [5.74, 6) is -0.888. The van der Waals surface area contributed by atoms with Crippen molar-refractivity contribution in [2.45, 2.75) is 18.2 Å². The Morgan fingerprint density at radius 2 is 1.83 bits per heavy atom. The van der Waals surface area contributed by atoms with Crippen LogP contribution in [-0.2, 0) is 10.0 Å². The Hall–Kier alpha value is -1.48. The van der Waals surface area contributed by atoms with Gasteiger partial charge in [-0.3, -0.25) is 14.5 Å². The monoisotopic (exact) mass is 373 g/mol. The third kappa shape index (κ3) is 2.73. The second-order valence-electron chi connectivity index (χ2n) is 6.48. The van der Waals surface area contributed by atoms with Gasteiger partial charge in [0.1, 0.15) is 0 Å². The first-order valence-corrected chi connectivity index (χ1v) is 8.80. The minimum Gasteiger partial charge on any atom is -0.330 e. The summed E-state index contributed by atoms with van der Waals surface area (Å²) in [4.78, 5) is 24.9. The van der Waals surface area contributed by atoms with Crippen LogP contribution in [0.4, 0.5) is 0 Å². The molecule has 132 valence electrons. The van der Waals surface area contributed by atoms with Crippen LogP contribution in [0.15, 0.2) is 23.1 Å². The van der Waals surface area contributed by atoms with E-state index in [1.54, 1.807) is 0 Å². The van der Waals surface area contributed by atoms with Crippen LogP contribution < -0.4 is 5.73 Å². The van der Waals surface area contributed by atoms with Gasteiger partial charge < -0.3 is 5.73 Å². The van der Waals surface area contributed by atoms with Gasteiger partial charge >= 0.3 is 0 Å². The molecule has 0 aliphatic carbocycles. The molecule has 1 aromatic rings. The Kier molecular flexibility index (Phi) is 4.80. The lowest BCUT2D eigenvalue weighted by atomic mass is 9.90. The number of benzene rings is 1. The average molecular weight is 374 g/mol. The molecule has 2 heterocycles. The van der Waals surface area contributed by atoms with Crippen LogP contribution in [-0.4, -0.2) is 56.1 Å². The Bertz CT molecular complexity index is 811. The van der Waals surface area contributed by atoms with Crippen molar-refractivity contribution in [2.24, 2.45) is 11.1 Å². The zero-order chi connectivity index (χ0) is 17.0. The zero-order valence-electron chi connectivity index (χ0n) is 13.5. The van der Waals surface area contributed by atoms with Crippen LogP contribution in [0.3, 0.4) is 0 Å². The van der Waals surface area contributed by atoms with Crippen molar-refractivity contribution < 1.29 is 18.0 Å². The molecule has 2 amide bonds. The molecule has 24 heavy (non-hydrogen) atoms. The molecule has 0 radical (unpaired) electrons. The maximum atomic E-state index is 12.8. The molecule has 0 saturated carbocycles. The minimum absolute atomic E-state index is 0. The summed E-state index contributed by atoms with van der Waals surface area (Å²) in [6, 6.07) is 4.09. The number of amides is 2. The summed E-state index contributed by atoms with van der Waals surface area (Å²) in [5, 5.41) is 0. The van der Waals surface area contributed by atoms with Crippen molar-refractivity contribution in [2.75, 3.05) is 26.7 Å². The van der Waals surface area contributed by atoms with Crippen LogP contribution >= 0.6 is 12.4 Å². The SMILES string of the molecule is CN1C(=O)c2ccc(S(=O)(=O)N3CCC(C)(CN)C3)cc2C1=O.Cl. The van der Waals surface area contributed by atoms with Crippen LogP contribution in [0.2, 0.25) is 0 Å². The second kappa shape index (κ2) is 6.11. The largest absolute Gasteiger partial charge is 0.330 e. The van der Waals surface area contributed by atoms with E-state index in [9.17, 15) is 18.0 Å². The minimum atomic E-state index is -3.70. The van der Waals surface area contributed by atoms with Crippen molar-refractivity contribution in [1.82, 2.24) is 9.21 Å². The van der Waals surface area contributed by atoms with Gasteiger partial charge in [-0.1, -0.05) is 6.92 Å². The lowest BCUT2D eigenvalue weighted by Gasteiger charge is -2.22. The summed E-state index contributed by atoms with van der Waals surface area (Å²) in [7, 11) is -2.32. The van der Waals surface area contributed by atoms with Crippen LogP contribution in [0.5, 0.6) is 0 Å². The Balaban J connectivity index is 0.00000208. The molecule has 1 unspecified atom stereocenters. The van der Waals surface area contributed by atoms with Crippen molar-refractivity contribution in [3.63, 3.8) is 0 Å². The topological polar surface area (TPSA) is 101 Å². The molecule has 2 aliphatic heterocycles. The lowest BCUT2D eigenvalue weighted by Crippen LogP contribution is -2.34. The maximum absolute atomic E-state index is 12.8. The third-order valence-electron chi connectivity index (χ3n) is 4.71. The summed E-state index contributed by atoms with van der Waals surface area (Å²) >= 11 is 0. The molecule has 2 aliphatic rings. The molecule has 0 spiro atoms. The quantitative estimate of drug-likeness (QED) is 0.786. The Morgan fingerprint density at radius 1 is 1.21 bits per heavy atom. The van der Waals surface area contributed by atoms with Crippen molar-refractivity contribution in [3.8, 4) is 0 Å². The van der Waals surface area contributed by atoms with Gasteiger partial charge in [-0.05, 0) is 36.6 Å². The van der Waals surface area contributed by atoms with Gasteiger partial charge in [0.05, 0.1) is 16.0 Å². The highest BCUT2D eigenvalue weighted by Crippen LogP contribution is 2.33. The number of imide groups is 1. The van der Waals surface area contributed by atoms with E-state index < -0.39 is 21.8 Å². The van der Waals surface area contributed by atoms with Gasteiger partial charge in [0.15, 0.2) is 0 Å². The molecule has 2 N–H and O–H groups in total. The Labute approximate surface area is 147 Å². The van der Waals surface area contributed by atoms with E-state index in [1.165, 1.54) is 29.6 Å². The predicted octanol–water partition coefficient (Wildman–Crippen LogP) is 0.694. The lowest BCUT2D eigenvalue weighted by molar-refractivity contribution is 0.0693. The first-order valence-electron chi connectivity index (χ1n) is 7.36. The molecule has 1 fully saturated rings. The number of rotatable bonds is 3. The first-order chi connectivity index (χ1) is 10.7. The number of carbonyl (C=O) groups is 2. The van der Waals surface area contributed by atoms with E-state index in [0.717, 1.165) is 4.90 Å². The normalized spacial score (nSPS) is 24.2. The second-order valence-corrected chi connectivity index (χ2v) is 8.42. The molecular formula is C15H20ClN3O4S. The fraction of sp³-hybridized carbons (Fsp3) is 0.467. The third-order valence-corrected chi connectivity index (χ3v) is 6.56. The predicted molar refractivity (Wildman–Crippen MR) is 90.7 cm³/mol. The fourth-order valence-electron chi connectivity index (χ4n) is 3.00. The van der Waals surface area contributed by atoms with Gasteiger partial charge in [0, 0.05) is 20.1 Å². The van der Waals surface area contributed by atoms with Gasteiger partial charge in [-0.15, -0.1) is 12.4 Å². The molecule has 0 aromatic heterocycles. The van der Waals surface area contributed by atoms with E-state index in [-0.39, 0.29) is 33.8 Å². The van der Waals surface area contributed by atoms with E-state index in [4.69, 9.17) is 5.73 Å². The smallest absolute Gasteiger partial charge is 0.261 e. The van der Waals surface area contributed by atoms with Crippen LogP contribution in [0, 0.1) is 5.41 Å². The van der Waals surface area contributed by atoms with Crippen molar-refractivity contribution in [1.29, 1.82) is 0 Å². The van der Waals surface area contributed by atoms with E-state index in [1.807, 2.05) is 6.92 Å².